The Morgan fingerprint density at radius 1 is 0.840 bits per heavy atom. The van der Waals surface area contributed by atoms with Crippen molar-refractivity contribution in [2.75, 3.05) is 5.32 Å². The third kappa shape index (κ3) is 3.19. The zero-order valence-corrected chi connectivity index (χ0v) is 14.5. The van der Waals surface area contributed by atoms with Crippen LogP contribution in [-0.4, -0.2) is 9.97 Å². The van der Waals surface area contributed by atoms with E-state index in [9.17, 15) is 0 Å². The number of rotatable bonds is 3. The first-order valence-corrected chi connectivity index (χ1v) is 8.44. The maximum absolute atomic E-state index is 6.31. The lowest BCUT2D eigenvalue weighted by atomic mass is 10.1. The number of para-hydroxylation sites is 1. The third-order valence-corrected chi connectivity index (χ3v) is 4.34. The number of aryl methyl sites for hydroxylation is 1. The zero-order valence-electron chi connectivity index (χ0n) is 13.7. The van der Waals surface area contributed by atoms with Crippen LogP contribution in [0.2, 0.25) is 5.02 Å². The lowest BCUT2D eigenvalue weighted by Gasteiger charge is -2.12. The predicted octanol–water partition coefficient (Wildman–Crippen LogP) is 6.00. The molecule has 0 spiro atoms. The topological polar surface area (TPSA) is 37.8 Å². The van der Waals surface area contributed by atoms with Gasteiger partial charge in [-0.15, -0.1) is 0 Å². The van der Waals surface area contributed by atoms with Gasteiger partial charge in [0.15, 0.2) is 5.82 Å². The second-order valence-corrected chi connectivity index (χ2v) is 6.29. The molecule has 1 aromatic heterocycles. The molecule has 0 fully saturated rings. The van der Waals surface area contributed by atoms with Crippen LogP contribution >= 0.6 is 11.6 Å². The summed E-state index contributed by atoms with van der Waals surface area (Å²) in [5, 5.41) is 5.00. The average Bonchev–Trinajstić information content (AvgIpc) is 2.64. The molecule has 3 nitrogen and oxygen atoms in total. The number of halogens is 1. The molecule has 4 aromatic rings. The Bertz CT molecular complexity index is 1050. The number of aromatic nitrogens is 2. The average molecular weight is 346 g/mol. The molecule has 1 N–H and O–H groups in total. The third-order valence-electron chi connectivity index (χ3n) is 4.01. The van der Waals surface area contributed by atoms with Gasteiger partial charge in [0.2, 0.25) is 0 Å². The molecule has 0 aliphatic heterocycles. The molecule has 1 heterocycles. The van der Waals surface area contributed by atoms with Crippen LogP contribution in [0.4, 0.5) is 11.5 Å². The fourth-order valence-electron chi connectivity index (χ4n) is 2.74. The van der Waals surface area contributed by atoms with Gasteiger partial charge in [-0.3, -0.25) is 0 Å². The second kappa shape index (κ2) is 6.54. The molecular formula is C21H16ClN3. The van der Waals surface area contributed by atoms with E-state index in [1.165, 1.54) is 0 Å². The zero-order chi connectivity index (χ0) is 17.2. The van der Waals surface area contributed by atoms with E-state index in [2.05, 4.69) is 24.4 Å². The van der Waals surface area contributed by atoms with Gasteiger partial charge in [0.05, 0.1) is 16.2 Å². The first-order valence-electron chi connectivity index (χ1n) is 8.06. The molecule has 0 saturated carbocycles. The molecule has 0 atom stereocenters. The van der Waals surface area contributed by atoms with E-state index >= 15 is 0 Å². The van der Waals surface area contributed by atoms with Gasteiger partial charge < -0.3 is 5.32 Å². The number of nitrogens with one attached hydrogen (secondary N) is 1. The van der Waals surface area contributed by atoms with Crippen LogP contribution in [0.3, 0.4) is 0 Å². The van der Waals surface area contributed by atoms with Crippen molar-refractivity contribution in [3.63, 3.8) is 0 Å². The minimum Gasteiger partial charge on any atom is -0.338 e. The monoisotopic (exact) mass is 345 g/mol. The number of hydrogen-bond donors (Lipinski definition) is 1. The minimum absolute atomic E-state index is 0.656. The van der Waals surface area contributed by atoms with E-state index < -0.39 is 0 Å². The molecule has 0 aliphatic carbocycles. The van der Waals surface area contributed by atoms with Crippen LogP contribution in [0.15, 0.2) is 72.8 Å². The Kier molecular flexibility index (Phi) is 4.08. The van der Waals surface area contributed by atoms with Gasteiger partial charge in [0.25, 0.3) is 0 Å². The fourth-order valence-corrected chi connectivity index (χ4v) is 2.93. The van der Waals surface area contributed by atoms with Crippen molar-refractivity contribution in [3.05, 3.63) is 83.4 Å². The molecule has 122 valence electrons. The summed E-state index contributed by atoms with van der Waals surface area (Å²) in [4.78, 5) is 9.49. The largest absolute Gasteiger partial charge is 0.338 e. The number of fused-ring (bicyclic) bond motifs is 1. The first-order chi connectivity index (χ1) is 12.2. The predicted molar refractivity (Wildman–Crippen MR) is 104 cm³/mol. The summed E-state index contributed by atoms with van der Waals surface area (Å²) >= 11 is 6.31. The number of hydrogen-bond acceptors (Lipinski definition) is 3. The van der Waals surface area contributed by atoms with Crippen molar-refractivity contribution < 1.29 is 0 Å². The highest BCUT2D eigenvalue weighted by atomic mass is 35.5. The van der Waals surface area contributed by atoms with Gasteiger partial charge in [-0.05, 0) is 31.2 Å². The number of benzene rings is 3. The maximum atomic E-state index is 6.31. The van der Waals surface area contributed by atoms with Crippen LogP contribution in [0.5, 0.6) is 0 Å². The van der Waals surface area contributed by atoms with Crippen molar-refractivity contribution in [1.29, 1.82) is 0 Å². The molecule has 0 aliphatic rings. The standard InChI is InChI=1S/C21H16ClN3/c1-14-11-12-18-16(13-14)21(24-19-10-6-5-9-17(19)22)25-20(23-18)15-7-3-2-4-8-15/h2-13H,1H3,(H,23,24,25). The highest BCUT2D eigenvalue weighted by molar-refractivity contribution is 6.33. The Morgan fingerprint density at radius 3 is 2.40 bits per heavy atom. The van der Waals surface area contributed by atoms with Gasteiger partial charge in [-0.2, -0.15) is 0 Å². The van der Waals surface area contributed by atoms with Gasteiger partial charge in [0, 0.05) is 10.9 Å². The van der Waals surface area contributed by atoms with E-state index in [-0.39, 0.29) is 0 Å². The summed E-state index contributed by atoms with van der Waals surface area (Å²) in [6.45, 7) is 2.06. The van der Waals surface area contributed by atoms with Crippen molar-refractivity contribution in [2.45, 2.75) is 6.92 Å². The molecule has 3 aromatic carbocycles. The molecule has 0 bridgehead atoms. The fraction of sp³-hybridized carbons (Fsp3) is 0.0476. The molecule has 0 saturated heterocycles. The normalized spacial score (nSPS) is 10.8. The van der Waals surface area contributed by atoms with Gasteiger partial charge >= 0.3 is 0 Å². The van der Waals surface area contributed by atoms with Gasteiger partial charge in [-0.25, -0.2) is 9.97 Å². The summed E-state index contributed by atoms with van der Waals surface area (Å²) in [5.41, 5.74) is 3.86. The van der Waals surface area contributed by atoms with Crippen LogP contribution in [0, 0.1) is 6.92 Å². The van der Waals surface area contributed by atoms with E-state index in [4.69, 9.17) is 21.6 Å². The van der Waals surface area contributed by atoms with Crippen LogP contribution in [0.25, 0.3) is 22.3 Å². The van der Waals surface area contributed by atoms with Crippen LogP contribution in [0.1, 0.15) is 5.56 Å². The van der Waals surface area contributed by atoms with E-state index in [1.807, 2.05) is 60.7 Å². The molecular weight excluding hydrogens is 330 g/mol. The van der Waals surface area contributed by atoms with E-state index in [0.717, 1.165) is 33.5 Å². The number of nitrogens with zero attached hydrogens (tertiary/aromatic N) is 2. The highest BCUT2D eigenvalue weighted by Gasteiger charge is 2.11. The SMILES string of the molecule is Cc1ccc2nc(-c3ccccc3)nc(Nc3ccccc3Cl)c2c1. The minimum atomic E-state index is 0.656. The summed E-state index contributed by atoms with van der Waals surface area (Å²) in [6.07, 6.45) is 0. The van der Waals surface area contributed by atoms with Gasteiger partial charge in [-0.1, -0.05) is 65.7 Å². The Hall–Kier alpha value is -2.91. The smallest absolute Gasteiger partial charge is 0.162 e. The molecule has 0 radical (unpaired) electrons. The number of anilines is 2. The molecule has 4 rings (SSSR count). The maximum Gasteiger partial charge on any atom is 0.162 e. The highest BCUT2D eigenvalue weighted by Crippen LogP contribution is 2.30. The Balaban J connectivity index is 1.91. The van der Waals surface area contributed by atoms with Crippen molar-refractivity contribution in [3.8, 4) is 11.4 Å². The van der Waals surface area contributed by atoms with Crippen molar-refractivity contribution >= 4 is 34.0 Å². The van der Waals surface area contributed by atoms with E-state index in [1.54, 1.807) is 0 Å². The molecule has 0 amide bonds. The van der Waals surface area contributed by atoms with Gasteiger partial charge in [0.1, 0.15) is 5.82 Å². The molecule has 4 heteroatoms. The molecule has 25 heavy (non-hydrogen) atoms. The summed E-state index contributed by atoms with van der Waals surface area (Å²) in [7, 11) is 0. The van der Waals surface area contributed by atoms with Crippen molar-refractivity contribution in [1.82, 2.24) is 9.97 Å². The Labute approximate surface area is 151 Å². The quantitative estimate of drug-likeness (QED) is 0.494. The Morgan fingerprint density at radius 2 is 1.60 bits per heavy atom. The van der Waals surface area contributed by atoms with Crippen LogP contribution < -0.4 is 5.32 Å². The second-order valence-electron chi connectivity index (χ2n) is 5.89. The van der Waals surface area contributed by atoms with Crippen LogP contribution in [-0.2, 0) is 0 Å². The van der Waals surface area contributed by atoms with Crippen molar-refractivity contribution in [2.24, 2.45) is 0 Å². The summed E-state index contributed by atoms with van der Waals surface area (Å²) < 4.78 is 0. The van der Waals surface area contributed by atoms with E-state index in [0.29, 0.717) is 10.8 Å². The molecule has 0 unspecified atom stereocenters. The lowest BCUT2D eigenvalue weighted by Crippen LogP contribution is -2.00. The first kappa shape index (κ1) is 15.6. The summed E-state index contributed by atoms with van der Waals surface area (Å²) in [6, 6.07) is 23.8. The lowest BCUT2D eigenvalue weighted by molar-refractivity contribution is 1.22. The summed E-state index contributed by atoms with van der Waals surface area (Å²) in [5.74, 6) is 1.44.